The molecule has 1 N–H and O–H groups in total. The number of amides is 2. The number of carbonyl (C=O) groups is 2. The Morgan fingerprint density at radius 3 is 2.84 bits per heavy atom. The number of nitrogens with one attached hydrogen (secondary N) is 1. The predicted octanol–water partition coefficient (Wildman–Crippen LogP) is 2.53. The fourth-order valence-electron chi connectivity index (χ4n) is 2.88. The number of fused-ring (bicyclic) bond motifs is 1. The predicted molar refractivity (Wildman–Crippen MR) is 110 cm³/mol. The summed E-state index contributed by atoms with van der Waals surface area (Å²) in [6, 6.07) is 3.07. The molecule has 9 nitrogen and oxygen atoms in total. The van der Waals surface area contributed by atoms with Crippen LogP contribution in [-0.4, -0.2) is 51.4 Å². The molecule has 12 heteroatoms. The Hall–Kier alpha value is -3.37. The van der Waals surface area contributed by atoms with E-state index in [1.165, 1.54) is 42.5 Å². The van der Waals surface area contributed by atoms with Crippen LogP contribution in [0.3, 0.4) is 0 Å². The molecule has 4 rings (SSSR count). The fraction of sp³-hybridized carbons (Fsp3) is 0.158. The summed E-state index contributed by atoms with van der Waals surface area (Å²) in [6.45, 7) is -0.167. The number of likely N-dealkylation sites (N-methyl/N-ethyl adjacent to an activating group) is 1. The Morgan fingerprint density at radius 2 is 2.06 bits per heavy atom. The minimum Gasteiger partial charge on any atom is -0.487 e. The van der Waals surface area contributed by atoms with Gasteiger partial charge in [0.1, 0.15) is 24.0 Å². The molecule has 0 spiro atoms. The van der Waals surface area contributed by atoms with Crippen LogP contribution in [0.2, 0.25) is 10.0 Å². The lowest BCUT2D eigenvalue weighted by molar-refractivity contribution is -0.120. The number of hydrogen-bond acceptors (Lipinski definition) is 7. The Balaban J connectivity index is 1.58. The van der Waals surface area contributed by atoms with Crippen LogP contribution in [0, 0.1) is 5.82 Å². The third kappa shape index (κ3) is 4.12. The lowest BCUT2D eigenvalue weighted by Crippen LogP contribution is -2.49. The van der Waals surface area contributed by atoms with Gasteiger partial charge >= 0.3 is 0 Å². The van der Waals surface area contributed by atoms with Crippen molar-refractivity contribution in [3.05, 3.63) is 58.5 Å². The normalized spacial score (nSPS) is 15.7. The highest BCUT2D eigenvalue weighted by atomic mass is 35.5. The molecule has 0 saturated heterocycles. The second kappa shape index (κ2) is 8.40. The van der Waals surface area contributed by atoms with Crippen LogP contribution in [0.15, 0.2) is 36.8 Å². The Labute approximate surface area is 185 Å². The lowest BCUT2D eigenvalue weighted by atomic mass is 10.2. The molecule has 1 aliphatic rings. The second-order valence-electron chi connectivity index (χ2n) is 6.43. The largest absolute Gasteiger partial charge is 0.487 e. The maximum Gasteiger partial charge on any atom is 0.289 e. The molecule has 3 aromatic rings. The van der Waals surface area contributed by atoms with E-state index in [4.69, 9.17) is 27.9 Å². The van der Waals surface area contributed by atoms with Gasteiger partial charge in [-0.25, -0.2) is 19.3 Å². The summed E-state index contributed by atoms with van der Waals surface area (Å²) >= 11 is 12.0. The Kier molecular flexibility index (Phi) is 5.66. The summed E-state index contributed by atoms with van der Waals surface area (Å²) in [5.41, 5.74) is -0.178. The van der Waals surface area contributed by atoms with E-state index in [0.717, 1.165) is 6.20 Å². The van der Waals surface area contributed by atoms with Gasteiger partial charge in [-0.15, -0.1) is 0 Å². The van der Waals surface area contributed by atoms with E-state index in [1.807, 2.05) is 0 Å². The zero-order valence-electron chi connectivity index (χ0n) is 15.8. The van der Waals surface area contributed by atoms with Crippen molar-refractivity contribution < 1.29 is 18.7 Å². The van der Waals surface area contributed by atoms with Gasteiger partial charge in [0.2, 0.25) is 5.82 Å². The SMILES string of the molecule is CN1C(=O)C(NC(=O)c2ncc(Cl)c(-c3ncccc3F)n2)COc2cc(Cl)cnc21. The van der Waals surface area contributed by atoms with Gasteiger partial charge in [0.15, 0.2) is 17.4 Å². The molecule has 2 amide bonds. The summed E-state index contributed by atoms with van der Waals surface area (Å²) in [5, 5.41) is 2.87. The minimum atomic E-state index is -1.06. The average molecular weight is 463 g/mol. The summed E-state index contributed by atoms with van der Waals surface area (Å²) in [7, 11) is 1.50. The molecule has 1 unspecified atom stereocenters. The molecule has 1 aliphatic heterocycles. The van der Waals surface area contributed by atoms with Crippen molar-refractivity contribution in [2.24, 2.45) is 0 Å². The first-order chi connectivity index (χ1) is 14.8. The number of anilines is 1. The van der Waals surface area contributed by atoms with E-state index in [1.54, 1.807) is 0 Å². The van der Waals surface area contributed by atoms with E-state index in [2.05, 4.69) is 25.3 Å². The van der Waals surface area contributed by atoms with Gasteiger partial charge in [0.05, 0.1) is 16.2 Å². The molecule has 158 valence electrons. The zero-order valence-corrected chi connectivity index (χ0v) is 17.4. The first-order valence-electron chi connectivity index (χ1n) is 8.85. The van der Waals surface area contributed by atoms with E-state index < -0.39 is 23.7 Å². The van der Waals surface area contributed by atoms with Crippen LogP contribution in [0.5, 0.6) is 5.75 Å². The number of carbonyl (C=O) groups excluding carboxylic acids is 2. The number of nitrogens with zero attached hydrogens (tertiary/aromatic N) is 5. The molecule has 0 aliphatic carbocycles. The first kappa shape index (κ1) is 20.9. The number of hydrogen-bond donors (Lipinski definition) is 1. The number of pyridine rings is 2. The van der Waals surface area contributed by atoms with Crippen molar-refractivity contribution in [3.8, 4) is 17.1 Å². The van der Waals surface area contributed by atoms with Crippen molar-refractivity contribution >= 4 is 40.8 Å². The summed E-state index contributed by atoms with van der Waals surface area (Å²) in [5.74, 6) is -1.65. The average Bonchev–Trinajstić information content (AvgIpc) is 2.86. The van der Waals surface area contributed by atoms with Crippen LogP contribution in [0.4, 0.5) is 10.2 Å². The van der Waals surface area contributed by atoms with E-state index in [9.17, 15) is 14.0 Å². The molecule has 0 bridgehead atoms. The van der Waals surface area contributed by atoms with E-state index in [-0.39, 0.29) is 34.7 Å². The molecule has 4 heterocycles. The molecule has 0 saturated carbocycles. The minimum absolute atomic E-state index is 0.0150. The summed E-state index contributed by atoms with van der Waals surface area (Å²) < 4.78 is 19.7. The van der Waals surface area contributed by atoms with Crippen LogP contribution in [-0.2, 0) is 4.79 Å². The molecule has 3 aromatic heterocycles. The van der Waals surface area contributed by atoms with Gasteiger partial charge in [-0.05, 0) is 12.1 Å². The third-order valence-electron chi connectivity index (χ3n) is 4.39. The van der Waals surface area contributed by atoms with Gasteiger partial charge < -0.3 is 10.1 Å². The molecular formula is C19H13Cl2FN6O3. The molecule has 1 atom stereocenters. The van der Waals surface area contributed by atoms with Gasteiger partial charge in [0, 0.05) is 25.5 Å². The lowest BCUT2D eigenvalue weighted by Gasteiger charge is -2.19. The van der Waals surface area contributed by atoms with Crippen molar-refractivity contribution in [1.29, 1.82) is 0 Å². The number of halogens is 3. The standard InChI is InChI=1S/C19H13Cl2FN6O3/c1-28-17-13(5-9(20)6-25-17)31-8-12(19(28)30)26-18(29)16-24-7-10(21)14(27-16)15-11(22)3-2-4-23-15/h2-7,12H,8H2,1H3,(H,26,29). The smallest absolute Gasteiger partial charge is 0.289 e. The second-order valence-corrected chi connectivity index (χ2v) is 7.28. The molecule has 31 heavy (non-hydrogen) atoms. The Morgan fingerprint density at radius 1 is 1.26 bits per heavy atom. The number of rotatable bonds is 3. The molecule has 0 aromatic carbocycles. The van der Waals surface area contributed by atoms with Crippen LogP contribution < -0.4 is 15.0 Å². The fourth-order valence-corrected chi connectivity index (χ4v) is 3.21. The topological polar surface area (TPSA) is 110 Å². The summed E-state index contributed by atoms with van der Waals surface area (Å²) in [4.78, 5) is 42.7. The van der Waals surface area contributed by atoms with Gasteiger partial charge in [-0.2, -0.15) is 0 Å². The Bertz CT molecular complexity index is 1200. The van der Waals surface area contributed by atoms with Crippen LogP contribution in [0.1, 0.15) is 10.6 Å². The van der Waals surface area contributed by atoms with Crippen molar-refractivity contribution in [2.45, 2.75) is 6.04 Å². The van der Waals surface area contributed by atoms with Crippen molar-refractivity contribution in [1.82, 2.24) is 25.3 Å². The molecule has 0 fully saturated rings. The maximum atomic E-state index is 14.1. The molecule has 0 radical (unpaired) electrons. The number of aromatic nitrogens is 4. The van der Waals surface area contributed by atoms with E-state index >= 15 is 0 Å². The summed E-state index contributed by atoms with van der Waals surface area (Å²) in [6.07, 6.45) is 3.91. The zero-order chi connectivity index (χ0) is 22.1. The van der Waals surface area contributed by atoms with Crippen molar-refractivity contribution in [2.75, 3.05) is 18.6 Å². The highest BCUT2D eigenvalue weighted by Gasteiger charge is 2.32. The van der Waals surface area contributed by atoms with Crippen molar-refractivity contribution in [3.63, 3.8) is 0 Å². The highest BCUT2D eigenvalue weighted by molar-refractivity contribution is 6.32. The molecular weight excluding hydrogens is 450 g/mol. The first-order valence-corrected chi connectivity index (χ1v) is 9.61. The van der Waals surface area contributed by atoms with Crippen LogP contribution in [0.25, 0.3) is 11.4 Å². The third-order valence-corrected chi connectivity index (χ3v) is 4.87. The van der Waals surface area contributed by atoms with Gasteiger partial charge in [-0.3, -0.25) is 19.5 Å². The maximum absolute atomic E-state index is 14.1. The van der Waals surface area contributed by atoms with Gasteiger partial charge in [-0.1, -0.05) is 23.2 Å². The van der Waals surface area contributed by atoms with E-state index in [0.29, 0.717) is 10.8 Å². The van der Waals surface area contributed by atoms with Gasteiger partial charge in [0.25, 0.3) is 11.8 Å². The van der Waals surface area contributed by atoms with Crippen LogP contribution >= 0.6 is 23.2 Å². The number of ether oxygens (including phenoxy) is 1. The highest BCUT2D eigenvalue weighted by Crippen LogP contribution is 2.30. The quantitative estimate of drug-likeness (QED) is 0.636. The monoisotopic (exact) mass is 462 g/mol.